The second-order valence-corrected chi connectivity index (χ2v) is 13.4. The molecular formula is C41H50N6O5. The Bertz CT molecular complexity index is 1860. The number of carbonyl (C=O) groups is 4. The zero-order valence-electron chi connectivity index (χ0n) is 30.6. The molecule has 11 nitrogen and oxygen atoms in total. The molecule has 0 saturated heterocycles. The Labute approximate surface area is 306 Å². The van der Waals surface area contributed by atoms with Gasteiger partial charge in [-0.2, -0.15) is 5.10 Å². The topological polar surface area (TPSA) is 137 Å². The number of benzene rings is 3. The van der Waals surface area contributed by atoms with E-state index >= 15 is 0 Å². The van der Waals surface area contributed by atoms with Crippen LogP contribution in [0.2, 0.25) is 0 Å². The van der Waals surface area contributed by atoms with Crippen molar-refractivity contribution in [2.75, 3.05) is 32.1 Å². The van der Waals surface area contributed by atoms with Crippen molar-refractivity contribution in [3.63, 3.8) is 0 Å². The molecule has 0 bridgehead atoms. The Hall–Kier alpha value is -5.29. The molecule has 0 spiro atoms. The zero-order valence-corrected chi connectivity index (χ0v) is 30.6. The van der Waals surface area contributed by atoms with Crippen LogP contribution in [-0.4, -0.2) is 81.1 Å². The summed E-state index contributed by atoms with van der Waals surface area (Å²) in [6.45, 7) is 7.38. The van der Waals surface area contributed by atoms with Gasteiger partial charge < -0.3 is 25.5 Å². The van der Waals surface area contributed by atoms with E-state index in [1.165, 1.54) is 7.05 Å². The Morgan fingerprint density at radius 2 is 1.60 bits per heavy atom. The van der Waals surface area contributed by atoms with Crippen LogP contribution in [0.4, 0.5) is 5.69 Å². The van der Waals surface area contributed by atoms with E-state index in [1.807, 2.05) is 54.3 Å². The Kier molecular flexibility index (Phi) is 13.0. The summed E-state index contributed by atoms with van der Waals surface area (Å²) >= 11 is 0. The molecule has 1 aliphatic heterocycles. The van der Waals surface area contributed by atoms with Gasteiger partial charge in [-0.25, -0.2) is 4.68 Å². The number of aromatic nitrogens is 2. The third kappa shape index (κ3) is 8.77. The van der Waals surface area contributed by atoms with Crippen molar-refractivity contribution in [2.24, 2.45) is 0 Å². The lowest BCUT2D eigenvalue weighted by Gasteiger charge is -2.36. The molecular weight excluding hydrogens is 656 g/mol. The first-order valence-electron chi connectivity index (χ1n) is 18.2. The molecule has 2 unspecified atom stereocenters. The lowest BCUT2D eigenvalue weighted by Crippen LogP contribution is -2.46. The molecule has 0 fully saturated rings. The van der Waals surface area contributed by atoms with E-state index in [4.69, 9.17) is 5.10 Å². The number of aliphatic hydroxyl groups is 1. The van der Waals surface area contributed by atoms with E-state index in [1.54, 1.807) is 46.0 Å². The SMILES string of the molecule is CCCCN(CCCC)C(=O)c1cc(C)n(-c2ccc(NC(=O)C(CC(=O)NC)c3ccccc3)cc2C(=O)N2Cc3ccccc3CC2CO)n1. The monoisotopic (exact) mass is 706 g/mol. The standard InChI is InChI=1S/C41H50N6O5/c1-5-7-20-45(21-8-6-2)41(52)36-22-28(3)47(44-36)37-19-18-32(43-39(50)34(25-38(49)42-4)29-14-10-9-11-15-29)24-35(37)40(51)46-26-31-17-13-12-16-30(31)23-33(46)27-48/h9-19,22,24,33-34,48H,5-8,20-21,23,25-27H2,1-4H3,(H,42,49)(H,43,50). The Morgan fingerprint density at radius 3 is 2.25 bits per heavy atom. The van der Waals surface area contributed by atoms with Crippen molar-refractivity contribution in [2.45, 2.75) is 77.8 Å². The summed E-state index contributed by atoms with van der Waals surface area (Å²) in [6.07, 6.45) is 4.14. The van der Waals surface area contributed by atoms with Crippen LogP contribution in [0.5, 0.6) is 0 Å². The quantitative estimate of drug-likeness (QED) is 0.146. The average Bonchev–Trinajstić information content (AvgIpc) is 3.56. The molecule has 1 aromatic heterocycles. The van der Waals surface area contributed by atoms with Crippen LogP contribution in [0.1, 0.15) is 95.1 Å². The van der Waals surface area contributed by atoms with Crippen molar-refractivity contribution < 1.29 is 24.3 Å². The fraction of sp³-hybridized carbons (Fsp3) is 0.390. The van der Waals surface area contributed by atoms with Crippen LogP contribution in [0.15, 0.2) is 78.9 Å². The van der Waals surface area contributed by atoms with E-state index in [9.17, 15) is 24.3 Å². The number of aliphatic hydroxyl groups excluding tert-OH is 1. The number of hydrogen-bond acceptors (Lipinski definition) is 6. The summed E-state index contributed by atoms with van der Waals surface area (Å²) in [5, 5.41) is 20.8. The number of amides is 4. The number of unbranched alkanes of at least 4 members (excludes halogenated alkanes) is 2. The first-order valence-corrected chi connectivity index (χ1v) is 18.2. The predicted octanol–water partition coefficient (Wildman–Crippen LogP) is 5.64. The minimum atomic E-state index is -0.775. The van der Waals surface area contributed by atoms with Gasteiger partial charge in [0.25, 0.3) is 11.8 Å². The maximum atomic E-state index is 14.7. The highest BCUT2D eigenvalue weighted by molar-refractivity contribution is 6.02. The van der Waals surface area contributed by atoms with E-state index < -0.39 is 17.9 Å². The highest BCUT2D eigenvalue weighted by Gasteiger charge is 2.32. The van der Waals surface area contributed by atoms with Gasteiger partial charge in [0.15, 0.2) is 5.69 Å². The number of rotatable bonds is 15. The third-order valence-electron chi connectivity index (χ3n) is 9.69. The number of aryl methyl sites for hydroxylation is 1. The van der Waals surface area contributed by atoms with Crippen molar-refractivity contribution >= 4 is 29.3 Å². The summed E-state index contributed by atoms with van der Waals surface area (Å²) in [7, 11) is 1.53. The molecule has 3 aromatic carbocycles. The number of carbonyl (C=O) groups excluding carboxylic acids is 4. The molecule has 0 aliphatic carbocycles. The first kappa shape index (κ1) is 38.0. The van der Waals surface area contributed by atoms with Gasteiger partial charge in [0.05, 0.1) is 29.8 Å². The molecule has 4 amide bonds. The number of nitrogens with zero attached hydrogens (tertiary/aromatic N) is 4. The minimum Gasteiger partial charge on any atom is -0.394 e. The lowest BCUT2D eigenvalue weighted by molar-refractivity contribution is -0.125. The van der Waals surface area contributed by atoms with Gasteiger partial charge in [-0.15, -0.1) is 0 Å². The van der Waals surface area contributed by atoms with Crippen LogP contribution in [0.25, 0.3) is 5.69 Å². The van der Waals surface area contributed by atoms with Gasteiger partial charge in [-0.3, -0.25) is 19.2 Å². The average molecular weight is 707 g/mol. The molecule has 5 rings (SSSR count). The van der Waals surface area contributed by atoms with Gasteiger partial charge in [-0.1, -0.05) is 81.3 Å². The second kappa shape index (κ2) is 17.8. The molecule has 2 heterocycles. The molecule has 0 radical (unpaired) electrons. The number of anilines is 1. The van der Waals surface area contributed by atoms with Crippen LogP contribution >= 0.6 is 0 Å². The van der Waals surface area contributed by atoms with Gasteiger partial charge in [-0.05, 0) is 67.1 Å². The summed E-state index contributed by atoms with van der Waals surface area (Å²) in [5.74, 6) is -1.96. The summed E-state index contributed by atoms with van der Waals surface area (Å²) in [5.41, 5.74) is 4.76. The predicted molar refractivity (Wildman–Crippen MR) is 201 cm³/mol. The summed E-state index contributed by atoms with van der Waals surface area (Å²) < 4.78 is 1.61. The third-order valence-corrected chi connectivity index (χ3v) is 9.69. The molecule has 274 valence electrons. The van der Waals surface area contributed by atoms with Crippen molar-refractivity contribution in [3.05, 3.63) is 113 Å². The van der Waals surface area contributed by atoms with E-state index in [0.717, 1.165) is 36.8 Å². The fourth-order valence-corrected chi connectivity index (χ4v) is 6.67. The van der Waals surface area contributed by atoms with Crippen LogP contribution in [0, 0.1) is 6.92 Å². The van der Waals surface area contributed by atoms with Crippen molar-refractivity contribution in [1.29, 1.82) is 0 Å². The summed E-state index contributed by atoms with van der Waals surface area (Å²) in [6, 6.07) is 23.3. The Morgan fingerprint density at radius 1 is 0.923 bits per heavy atom. The highest BCUT2D eigenvalue weighted by atomic mass is 16.3. The molecule has 2 atom stereocenters. The number of hydrogen-bond donors (Lipinski definition) is 3. The second-order valence-electron chi connectivity index (χ2n) is 13.4. The smallest absolute Gasteiger partial charge is 0.274 e. The van der Waals surface area contributed by atoms with Crippen LogP contribution in [-0.2, 0) is 22.6 Å². The highest BCUT2D eigenvalue weighted by Crippen LogP contribution is 2.30. The van der Waals surface area contributed by atoms with Gasteiger partial charge >= 0.3 is 0 Å². The molecule has 3 N–H and O–H groups in total. The van der Waals surface area contributed by atoms with Crippen LogP contribution in [0.3, 0.4) is 0 Å². The summed E-state index contributed by atoms with van der Waals surface area (Å²) in [4.78, 5) is 58.2. The Balaban J connectivity index is 1.55. The van der Waals surface area contributed by atoms with Gasteiger partial charge in [0.2, 0.25) is 11.8 Å². The van der Waals surface area contributed by atoms with E-state index in [2.05, 4.69) is 24.5 Å². The largest absolute Gasteiger partial charge is 0.394 e. The number of nitrogens with one attached hydrogen (secondary N) is 2. The first-order chi connectivity index (χ1) is 25.2. The lowest BCUT2D eigenvalue weighted by atomic mass is 9.93. The normalized spacial score (nSPS) is 14.3. The minimum absolute atomic E-state index is 0.0571. The molecule has 11 heteroatoms. The van der Waals surface area contributed by atoms with Crippen LogP contribution < -0.4 is 10.6 Å². The van der Waals surface area contributed by atoms with Crippen molar-refractivity contribution in [1.82, 2.24) is 24.9 Å². The maximum Gasteiger partial charge on any atom is 0.274 e. The van der Waals surface area contributed by atoms with E-state index in [-0.39, 0.29) is 36.3 Å². The zero-order chi connectivity index (χ0) is 37.2. The molecule has 52 heavy (non-hydrogen) atoms. The van der Waals surface area contributed by atoms with E-state index in [0.29, 0.717) is 54.4 Å². The van der Waals surface area contributed by atoms with Gasteiger partial charge in [0, 0.05) is 44.5 Å². The maximum absolute atomic E-state index is 14.7. The van der Waals surface area contributed by atoms with Gasteiger partial charge in [0.1, 0.15) is 0 Å². The fourth-order valence-electron chi connectivity index (χ4n) is 6.67. The van der Waals surface area contributed by atoms with Crippen molar-refractivity contribution in [3.8, 4) is 5.69 Å². The molecule has 4 aromatic rings. The molecule has 0 saturated carbocycles. The number of fused-ring (bicyclic) bond motifs is 1. The molecule has 1 aliphatic rings.